The van der Waals surface area contributed by atoms with Gasteiger partial charge in [0.2, 0.25) is 0 Å². The van der Waals surface area contributed by atoms with Gasteiger partial charge in [0, 0.05) is 31.4 Å². The molecular weight excluding hydrogens is 244 g/mol. The highest BCUT2D eigenvalue weighted by atomic mass is 16.4. The third-order valence-electron chi connectivity index (χ3n) is 3.10. The largest absolute Gasteiger partial charge is 0.478 e. The van der Waals surface area contributed by atoms with E-state index in [9.17, 15) is 9.90 Å². The fourth-order valence-electron chi connectivity index (χ4n) is 2.03. The number of rotatable bonds is 7. The number of carbonyl (C=O) groups is 1. The van der Waals surface area contributed by atoms with Crippen molar-refractivity contribution >= 4 is 11.7 Å². The van der Waals surface area contributed by atoms with Gasteiger partial charge >= 0.3 is 5.97 Å². The van der Waals surface area contributed by atoms with E-state index in [1.165, 1.54) is 0 Å². The molecule has 0 aliphatic heterocycles. The molecule has 1 aromatic carbocycles. The van der Waals surface area contributed by atoms with Gasteiger partial charge in [0.1, 0.15) is 0 Å². The second-order valence-electron chi connectivity index (χ2n) is 4.83. The van der Waals surface area contributed by atoms with Crippen molar-refractivity contribution in [2.75, 3.05) is 18.9 Å². The van der Waals surface area contributed by atoms with E-state index in [-0.39, 0.29) is 23.9 Å². The van der Waals surface area contributed by atoms with Gasteiger partial charge < -0.3 is 15.9 Å². The molecule has 0 atom stereocenters. The van der Waals surface area contributed by atoms with Crippen LogP contribution in [0.3, 0.4) is 0 Å². The second kappa shape index (κ2) is 7.11. The van der Waals surface area contributed by atoms with Crippen LogP contribution in [0.25, 0.3) is 0 Å². The Bertz CT molecular complexity index is 433. The second-order valence-corrected chi connectivity index (χ2v) is 4.83. The zero-order valence-corrected chi connectivity index (χ0v) is 11.5. The molecule has 0 saturated heterocycles. The van der Waals surface area contributed by atoms with E-state index in [0.717, 1.165) is 6.54 Å². The van der Waals surface area contributed by atoms with E-state index in [4.69, 9.17) is 10.8 Å². The lowest BCUT2D eigenvalue weighted by atomic mass is 10.0. The van der Waals surface area contributed by atoms with Crippen molar-refractivity contribution < 1.29 is 15.0 Å². The van der Waals surface area contributed by atoms with Gasteiger partial charge in [0.25, 0.3) is 0 Å². The van der Waals surface area contributed by atoms with Crippen LogP contribution in [0.4, 0.5) is 5.69 Å². The third-order valence-corrected chi connectivity index (χ3v) is 3.10. The van der Waals surface area contributed by atoms with E-state index in [0.29, 0.717) is 18.5 Å². The lowest BCUT2D eigenvalue weighted by Crippen LogP contribution is -2.32. The molecule has 19 heavy (non-hydrogen) atoms. The van der Waals surface area contributed by atoms with E-state index < -0.39 is 5.97 Å². The maximum absolute atomic E-state index is 11.3. The molecule has 0 fully saturated rings. The van der Waals surface area contributed by atoms with Gasteiger partial charge in [-0.2, -0.15) is 0 Å². The van der Waals surface area contributed by atoms with Crippen LogP contribution in [0.5, 0.6) is 0 Å². The Morgan fingerprint density at radius 2 is 2.11 bits per heavy atom. The molecule has 5 nitrogen and oxygen atoms in total. The summed E-state index contributed by atoms with van der Waals surface area (Å²) in [5.74, 6) is -1.00. The van der Waals surface area contributed by atoms with Crippen LogP contribution >= 0.6 is 0 Å². The summed E-state index contributed by atoms with van der Waals surface area (Å²) in [7, 11) is 0. The number of hydrogen-bond acceptors (Lipinski definition) is 4. The first-order chi connectivity index (χ1) is 8.97. The van der Waals surface area contributed by atoms with Crippen LogP contribution in [-0.2, 0) is 6.54 Å². The lowest BCUT2D eigenvalue weighted by molar-refractivity contribution is 0.0694. The molecule has 4 N–H and O–H groups in total. The minimum atomic E-state index is -1.00. The number of nitrogens with zero attached hydrogens (tertiary/aromatic N) is 1. The van der Waals surface area contributed by atoms with Gasteiger partial charge in [-0.05, 0) is 31.9 Å². The molecule has 0 amide bonds. The summed E-state index contributed by atoms with van der Waals surface area (Å²) in [6.07, 6.45) is 0.670. The minimum absolute atomic E-state index is 0.131. The zero-order chi connectivity index (χ0) is 14.4. The molecule has 0 spiro atoms. The molecule has 1 aromatic rings. The molecule has 0 saturated carbocycles. The van der Waals surface area contributed by atoms with Gasteiger partial charge in [-0.1, -0.05) is 12.1 Å². The molecule has 106 valence electrons. The van der Waals surface area contributed by atoms with E-state index in [1.54, 1.807) is 18.2 Å². The van der Waals surface area contributed by atoms with E-state index in [1.807, 2.05) is 13.8 Å². The molecule has 0 bridgehead atoms. The SMILES string of the molecule is CC(C)N(CCCO)Cc1cccc(N)c1C(=O)O. The first-order valence-electron chi connectivity index (χ1n) is 6.43. The van der Waals surface area contributed by atoms with Gasteiger partial charge in [-0.3, -0.25) is 4.90 Å². The summed E-state index contributed by atoms with van der Waals surface area (Å²) in [6.45, 7) is 5.46. The van der Waals surface area contributed by atoms with E-state index >= 15 is 0 Å². The molecule has 0 aliphatic rings. The Hall–Kier alpha value is -1.59. The molecule has 5 heteroatoms. The summed E-state index contributed by atoms with van der Waals surface area (Å²) < 4.78 is 0. The average Bonchev–Trinajstić information content (AvgIpc) is 2.33. The quantitative estimate of drug-likeness (QED) is 0.652. The monoisotopic (exact) mass is 266 g/mol. The Morgan fingerprint density at radius 3 is 2.63 bits per heavy atom. The molecule has 0 aromatic heterocycles. The summed E-state index contributed by atoms with van der Waals surface area (Å²) in [4.78, 5) is 13.4. The number of carboxylic acids is 1. The lowest BCUT2D eigenvalue weighted by Gasteiger charge is -2.27. The first kappa shape index (κ1) is 15.5. The topological polar surface area (TPSA) is 86.8 Å². The van der Waals surface area contributed by atoms with Crippen LogP contribution in [0, 0.1) is 0 Å². The molecule has 0 heterocycles. The summed E-state index contributed by atoms with van der Waals surface area (Å²) >= 11 is 0. The average molecular weight is 266 g/mol. The molecule has 0 unspecified atom stereocenters. The Labute approximate surface area is 113 Å². The molecular formula is C14H22N2O3. The number of aromatic carboxylic acids is 1. The van der Waals surface area contributed by atoms with Crippen LogP contribution < -0.4 is 5.73 Å². The summed E-state index contributed by atoms with van der Waals surface area (Å²) in [6, 6.07) is 5.42. The van der Waals surface area contributed by atoms with Crippen molar-refractivity contribution in [3.8, 4) is 0 Å². The summed E-state index contributed by atoms with van der Waals surface area (Å²) in [5, 5.41) is 18.1. The van der Waals surface area contributed by atoms with Gasteiger partial charge in [0.05, 0.1) is 5.56 Å². The highest BCUT2D eigenvalue weighted by molar-refractivity contribution is 5.95. The smallest absolute Gasteiger partial charge is 0.338 e. The number of benzene rings is 1. The number of anilines is 1. The Morgan fingerprint density at radius 1 is 1.42 bits per heavy atom. The number of aliphatic hydroxyl groups excluding tert-OH is 1. The Balaban J connectivity index is 2.96. The number of aliphatic hydroxyl groups is 1. The number of hydrogen-bond donors (Lipinski definition) is 3. The zero-order valence-electron chi connectivity index (χ0n) is 11.5. The van der Waals surface area contributed by atoms with Crippen molar-refractivity contribution in [1.29, 1.82) is 0 Å². The minimum Gasteiger partial charge on any atom is -0.478 e. The van der Waals surface area contributed by atoms with Crippen LogP contribution in [0.15, 0.2) is 18.2 Å². The number of nitrogen functional groups attached to an aromatic ring is 1. The highest BCUT2D eigenvalue weighted by Gasteiger charge is 2.17. The van der Waals surface area contributed by atoms with Crippen LogP contribution in [-0.4, -0.2) is 40.3 Å². The van der Waals surface area contributed by atoms with Crippen molar-refractivity contribution in [2.45, 2.75) is 32.9 Å². The maximum atomic E-state index is 11.3. The fraction of sp³-hybridized carbons (Fsp3) is 0.500. The predicted octanol–water partition coefficient (Wildman–Crippen LogP) is 1.56. The molecule has 0 aliphatic carbocycles. The van der Waals surface area contributed by atoms with Crippen molar-refractivity contribution in [1.82, 2.24) is 4.90 Å². The van der Waals surface area contributed by atoms with Gasteiger partial charge in [0.15, 0.2) is 0 Å². The fourth-order valence-corrected chi connectivity index (χ4v) is 2.03. The third kappa shape index (κ3) is 4.22. The Kier molecular flexibility index (Phi) is 5.79. The van der Waals surface area contributed by atoms with Crippen molar-refractivity contribution in [3.05, 3.63) is 29.3 Å². The van der Waals surface area contributed by atoms with Gasteiger partial charge in [-0.25, -0.2) is 4.79 Å². The maximum Gasteiger partial charge on any atom is 0.338 e. The highest BCUT2D eigenvalue weighted by Crippen LogP contribution is 2.20. The predicted molar refractivity (Wildman–Crippen MR) is 75.1 cm³/mol. The van der Waals surface area contributed by atoms with Crippen molar-refractivity contribution in [2.24, 2.45) is 0 Å². The molecule has 1 rings (SSSR count). The number of carboxylic acid groups (broad SMARTS) is 1. The van der Waals surface area contributed by atoms with E-state index in [2.05, 4.69) is 4.90 Å². The van der Waals surface area contributed by atoms with Crippen LogP contribution in [0.2, 0.25) is 0 Å². The number of nitrogens with two attached hydrogens (primary N) is 1. The normalized spacial score (nSPS) is 11.2. The summed E-state index contributed by atoms with van der Waals surface area (Å²) in [5.41, 5.74) is 6.91. The standard InChI is InChI=1S/C14H22N2O3/c1-10(2)16(7-4-8-17)9-11-5-3-6-12(15)13(11)14(18)19/h3,5-6,10,17H,4,7-9,15H2,1-2H3,(H,18,19). The molecule has 0 radical (unpaired) electrons. The van der Waals surface area contributed by atoms with Crippen molar-refractivity contribution in [3.63, 3.8) is 0 Å². The van der Waals surface area contributed by atoms with Gasteiger partial charge in [-0.15, -0.1) is 0 Å². The van der Waals surface area contributed by atoms with Crippen LogP contribution in [0.1, 0.15) is 36.2 Å². The first-order valence-corrected chi connectivity index (χ1v) is 6.43.